The molecule has 0 bridgehead atoms. The molecule has 0 aliphatic heterocycles. The summed E-state index contributed by atoms with van der Waals surface area (Å²) in [6.45, 7) is 0. The Kier molecular flexibility index (Phi) is 2.04. The van der Waals surface area contributed by atoms with Crippen molar-refractivity contribution in [2.24, 2.45) is 0 Å². The van der Waals surface area contributed by atoms with Crippen LogP contribution in [-0.2, 0) is 0 Å². The van der Waals surface area contributed by atoms with Crippen molar-refractivity contribution in [3.05, 3.63) is 47.4 Å². The number of hydrogen-bond acceptors (Lipinski definition) is 3. The highest BCUT2D eigenvalue weighted by molar-refractivity contribution is 7.71. The molecule has 3 rings (SSSR count). The van der Waals surface area contributed by atoms with E-state index in [9.17, 15) is 0 Å². The third kappa shape index (κ3) is 1.42. The van der Waals surface area contributed by atoms with Crippen molar-refractivity contribution in [2.75, 3.05) is 0 Å². The number of rotatable bonds is 1. The number of benzene rings is 1. The Morgan fingerprint density at radius 1 is 1.12 bits per heavy atom. The fourth-order valence-electron chi connectivity index (χ4n) is 1.60. The van der Waals surface area contributed by atoms with E-state index < -0.39 is 0 Å². The van der Waals surface area contributed by atoms with E-state index in [0.717, 1.165) is 16.9 Å². The second-order valence-corrected chi connectivity index (χ2v) is 3.82. The first-order chi connectivity index (χ1) is 7.84. The van der Waals surface area contributed by atoms with E-state index in [-0.39, 0.29) is 0 Å². The predicted molar refractivity (Wildman–Crippen MR) is 64.0 cm³/mol. The highest BCUT2D eigenvalue weighted by Gasteiger charge is 2.04. The van der Waals surface area contributed by atoms with Gasteiger partial charge < -0.3 is 4.98 Å². The largest absolute Gasteiger partial charge is 0.341 e. The van der Waals surface area contributed by atoms with Crippen LogP contribution in [0.1, 0.15) is 0 Å². The number of para-hydroxylation sites is 1. The van der Waals surface area contributed by atoms with Crippen LogP contribution in [0.2, 0.25) is 0 Å². The van der Waals surface area contributed by atoms with Gasteiger partial charge in [0.25, 0.3) is 0 Å². The van der Waals surface area contributed by atoms with Gasteiger partial charge in [0.15, 0.2) is 5.65 Å². The fourth-order valence-corrected chi connectivity index (χ4v) is 1.76. The van der Waals surface area contributed by atoms with E-state index in [1.165, 1.54) is 0 Å². The molecule has 4 nitrogen and oxygen atoms in total. The third-order valence-corrected chi connectivity index (χ3v) is 2.51. The van der Waals surface area contributed by atoms with Crippen LogP contribution in [0.25, 0.3) is 16.9 Å². The Morgan fingerprint density at radius 3 is 2.75 bits per heavy atom. The van der Waals surface area contributed by atoms with Crippen molar-refractivity contribution in [2.45, 2.75) is 0 Å². The third-order valence-electron chi connectivity index (χ3n) is 2.31. The summed E-state index contributed by atoms with van der Waals surface area (Å²) < 4.78 is 2.39. The number of nitrogens with zero attached hydrogens (tertiary/aromatic N) is 3. The number of nitrogens with one attached hydrogen (secondary N) is 1. The van der Waals surface area contributed by atoms with Crippen LogP contribution in [0.4, 0.5) is 0 Å². The zero-order valence-corrected chi connectivity index (χ0v) is 9.11. The maximum Gasteiger partial charge on any atom is 0.179 e. The molecule has 0 radical (unpaired) electrons. The molecule has 0 spiro atoms. The Morgan fingerprint density at radius 2 is 1.94 bits per heavy atom. The van der Waals surface area contributed by atoms with E-state index in [1.54, 1.807) is 17.1 Å². The number of hydrogen-bond donors (Lipinski definition) is 1. The molecule has 0 aliphatic rings. The molecule has 0 saturated carbocycles. The molecule has 0 unspecified atom stereocenters. The Hall–Kier alpha value is -2.01. The lowest BCUT2D eigenvalue weighted by molar-refractivity contribution is 0.896. The summed E-state index contributed by atoms with van der Waals surface area (Å²) in [7, 11) is 0. The van der Waals surface area contributed by atoms with Gasteiger partial charge in [-0.3, -0.25) is 0 Å². The van der Waals surface area contributed by atoms with Crippen LogP contribution in [0, 0.1) is 4.64 Å². The van der Waals surface area contributed by atoms with E-state index in [4.69, 9.17) is 12.2 Å². The Labute approximate surface area is 96.6 Å². The SMILES string of the molecule is S=c1cnc2c(cnn2-c2ccccc2)[nH]1. The monoisotopic (exact) mass is 228 g/mol. The zero-order valence-electron chi connectivity index (χ0n) is 8.29. The second kappa shape index (κ2) is 3.53. The van der Waals surface area contributed by atoms with Gasteiger partial charge in [0.2, 0.25) is 0 Å². The molecule has 16 heavy (non-hydrogen) atoms. The lowest BCUT2D eigenvalue weighted by Crippen LogP contribution is -1.96. The summed E-state index contributed by atoms with van der Waals surface area (Å²) in [5.74, 6) is 0. The molecule has 1 N–H and O–H groups in total. The van der Waals surface area contributed by atoms with Crippen LogP contribution < -0.4 is 0 Å². The minimum atomic E-state index is 0.611. The molecule has 2 heterocycles. The molecule has 5 heteroatoms. The first kappa shape index (κ1) is 9.23. The lowest BCUT2D eigenvalue weighted by Gasteiger charge is -2.01. The van der Waals surface area contributed by atoms with Crippen molar-refractivity contribution >= 4 is 23.4 Å². The highest BCUT2D eigenvalue weighted by Crippen LogP contribution is 2.13. The van der Waals surface area contributed by atoms with Gasteiger partial charge in [-0.15, -0.1) is 0 Å². The van der Waals surface area contributed by atoms with E-state index in [0.29, 0.717) is 4.64 Å². The molecule has 3 aromatic rings. The molecule has 1 aromatic carbocycles. The molecule has 78 valence electrons. The fraction of sp³-hybridized carbons (Fsp3) is 0. The van der Waals surface area contributed by atoms with Gasteiger partial charge in [-0.2, -0.15) is 5.10 Å². The van der Waals surface area contributed by atoms with E-state index >= 15 is 0 Å². The molecule has 0 atom stereocenters. The normalized spacial score (nSPS) is 10.8. The quantitative estimate of drug-likeness (QED) is 0.651. The molecule has 0 amide bonds. The van der Waals surface area contributed by atoms with Crippen LogP contribution in [-0.4, -0.2) is 19.7 Å². The Bertz CT molecular complexity index is 684. The average Bonchev–Trinajstić information content (AvgIpc) is 2.73. The summed E-state index contributed by atoms with van der Waals surface area (Å²) in [4.78, 5) is 7.33. The minimum Gasteiger partial charge on any atom is -0.341 e. The van der Waals surface area contributed by atoms with Crippen molar-refractivity contribution < 1.29 is 0 Å². The second-order valence-electron chi connectivity index (χ2n) is 3.38. The summed E-state index contributed by atoms with van der Waals surface area (Å²) in [5.41, 5.74) is 2.60. The maximum absolute atomic E-state index is 5.01. The number of aromatic amines is 1. The van der Waals surface area contributed by atoms with Gasteiger partial charge in [0.05, 0.1) is 18.1 Å². The first-order valence-electron chi connectivity index (χ1n) is 4.83. The van der Waals surface area contributed by atoms with Crippen molar-refractivity contribution in [3.8, 4) is 5.69 Å². The van der Waals surface area contributed by atoms with Crippen molar-refractivity contribution in [3.63, 3.8) is 0 Å². The summed E-state index contributed by atoms with van der Waals surface area (Å²) in [6, 6.07) is 9.86. The topological polar surface area (TPSA) is 46.5 Å². The molecule has 2 aromatic heterocycles. The molecular weight excluding hydrogens is 220 g/mol. The minimum absolute atomic E-state index is 0.611. The predicted octanol–water partition coefficient (Wildman–Crippen LogP) is 2.48. The smallest absolute Gasteiger partial charge is 0.179 e. The van der Waals surface area contributed by atoms with Gasteiger partial charge in [0, 0.05) is 0 Å². The van der Waals surface area contributed by atoms with Gasteiger partial charge in [-0.05, 0) is 12.1 Å². The highest BCUT2D eigenvalue weighted by atomic mass is 32.1. The van der Waals surface area contributed by atoms with Crippen molar-refractivity contribution in [1.82, 2.24) is 19.7 Å². The molecular formula is C11H8N4S. The molecule has 0 saturated heterocycles. The van der Waals surface area contributed by atoms with E-state index in [2.05, 4.69) is 15.1 Å². The Balaban J connectivity index is 2.30. The van der Waals surface area contributed by atoms with Crippen LogP contribution in [0.5, 0.6) is 0 Å². The maximum atomic E-state index is 5.01. The van der Waals surface area contributed by atoms with Gasteiger partial charge in [-0.1, -0.05) is 30.4 Å². The lowest BCUT2D eigenvalue weighted by atomic mass is 10.3. The summed E-state index contributed by atoms with van der Waals surface area (Å²) >= 11 is 5.01. The summed E-state index contributed by atoms with van der Waals surface area (Å²) in [6.07, 6.45) is 3.35. The van der Waals surface area contributed by atoms with Crippen LogP contribution in [0.15, 0.2) is 42.7 Å². The first-order valence-corrected chi connectivity index (χ1v) is 5.24. The molecule has 0 fully saturated rings. The molecule has 0 aliphatic carbocycles. The average molecular weight is 228 g/mol. The zero-order chi connectivity index (χ0) is 11.0. The summed E-state index contributed by atoms with van der Waals surface area (Å²) in [5, 5.41) is 4.28. The van der Waals surface area contributed by atoms with Crippen LogP contribution in [0.3, 0.4) is 0 Å². The van der Waals surface area contributed by atoms with Gasteiger partial charge >= 0.3 is 0 Å². The number of H-pyrrole nitrogens is 1. The van der Waals surface area contributed by atoms with E-state index in [1.807, 2.05) is 30.3 Å². The van der Waals surface area contributed by atoms with Crippen LogP contribution >= 0.6 is 12.2 Å². The van der Waals surface area contributed by atoms with Crippen molar-refractivity contribution in [1.29, 1.82) is 0 Å². The standard InChI is InChI=1S/C11H8N4S/c16-10-7-12-11-9(14-10)6-13-15(11)8-4-2-1-3-5-8/h1-7H,(H,14,16). The van der Waals surface area contributed by atoms with Gasteiger partial charge in [0.1, 0.15) is 10.2 Å². The number of aromatic nitrogens is 4. The van der Waals surface area contributed by atoms with Gasteiger partial charge in [-0.25, -0.2) is 9.67 Å². The number of fused-ring (bicyclic) bond motifs is 1.